The normalized spacial score (nSPS) is 11.1. The molecule has 0 saturated heterocycles. The Morgan fingerprint density at radius 1 is 1.04 bits per heavy atom. The molecule has 0 aliphatic rings. The first-order valence-electron chi connectivity index (χ1n) is 7.69. The lowest BCUT2D eigenvalue weighted by Crippen LogP contribution is -2.51. The molecule has 0 aliphatic heterocycles. The van der Waals surface area contributed by atoms with E-state index in [1.54, 1.807) is 12.2 Å². The van der Waals surface area contributed by atoms with Crippen LogP contribution in [-0.2, 0) is 14.3 Å². The van der Waals surface area contributed by atoms with Gasteiger partial charge in [-0.25, -0.2) is 14.5 Å². The molecule has 0 aromatic carbocycles. The maximum absolute atomic E-state index is 12.5. The summed E-state index contributed by atoms with van der Waals surface area (Å²) in [5.74, 6) is 0. The third-order valence-corrected chi connectivity index (χ3v) is 3.03. The molecule has 0 aromatic rings. The lowest BCUT2D eigenvalue weighted by atomic mass is 10.3. The van der Waals surface area contributed by atoms with E-state index >= 15 is 0 Å². The summed E-state index contributed by atoms with van der Waals surface area (Å²) in [7, 11) is 2.81. The van der Waals surface area contributed by atoms with Gasteiger partial charge in [-0.3, -0.25) is 9.69 Å². The third-order valence-electron chi connectivity index (χ3n) is 3.03. The first kappa shape index (κ1) is 22.6. The number of rotatable bonds is 12. The summed E-state index contributed by atoms with van der Waals surface area (Å²) in [6.45, 7) is 11.7. The molecule has 0 fully saturated rings. The van der Waals surface area contributed by atoms with Gasteiger partial charge < -0.3 is 14.4 Å². The molecule has 1 unspecified atom stereocenters. The molecule has 0 aromatic heterocycles. The topological polar surface area (TPSA) is 79.4 Å². The number of carbonyl (C=O) groups excluding carboxylic acids is 3. The fourth-order valence-corrected chi connectivity index (χ4v) is 1.83. The van der Waals surface area contributed by atoms with Crippen LogP contribution in [0.4, 0.5) is 9.59 Å². The zero-order chi connectivity index (χ0) is 19.2. The highest BCUT2D eigenvalue weighted by molar-refractivity contribution is 5.97. The average molecular weight is 353 g/mol. The number of imide groups is 2. The van der Waals surface area contributed by atoms with Crippen molar-refractivity contribution in [2.45, 2.75) is 6.10 Å². The second-order valence-corrected chi connectivity index (χ2v) is 5.13. The molecule has 0 heterocycles. The summed E-state index contributed by atoms with van der Waals surface area (Å²) >= 11 is 0. The summed E-state index contributed by atoms with van der Waals surface area (Å²) in [6, 6.07) is -1.31. The van der Waals surface area contributed by atoms with Gasteiger partial charge in [0.1, 0.15) is 0 Å². The predicted octanol–water partition coefficient (Wildman–Crippen LogP) is 1.51. The lowest BCUT2D eigenvalue weighted by Gasteiger charge is -2.29. The van der Waals surface area contributed by atoms with Gasteiger partial charge in [0.15, 0.2) is 0 Å². The van der Waals surface area contributed by atoms with Crippen molar-refractivity contribution in [3.8, 4) is 0 Å². The molecule has 0 radical (unpaired) electrons. The van der Waals surface area contributed by atoms with Crippen LogP contribution >= 0.6 is 0 Å². The number of hydrogen-bond donors (Lipinski definition) is 0. The van der Waals surface area contributed by atoms with Crippen molar-refractivity contribution in [1.82, 2.24) is 14.7 Å². The number of nitrogens with zero attached hydrogens (tertiary/aromatic N) is 3. The Morgan fingerprint density at radius 2 is 1.68 bits per heavy atom. The Balaban J connectivity index is 4.98. The van der Waals surface area contributed by atoms with Crippen molar-refractivity contribution >= 4 is 18.5 Å². The second kappa shape index (κ2) is 12.9. The molecule has 8 heteroatoms. The third kappa shape index (κ3) is 8.27. The molecule has 0 aliphatic carbocycles. The maximum Gasteiger partial charge on any atom is 0.334 e. The molecular weight excluding hydrogens is 326 g/mol. The Labute approximate surface area is 149 Å². The monoisotopic (exact) mass is 353 g/mol. The molecule has 8 nitrogen and oxygen atoms in total. The quantitative estimate of drug-likeness (QED) is 0.302. The van der Waals surface area contributed by atoms with Crippen LogP contribution in [0.1, 0.15) is 0 Å². The Hall–Kier alpha value is -2.45. The maximum atomic E-state index is 12.5. The summed E-state index contributed by atoms with van der Waals surface area (Å²) in [6.07, 6.45) is 4.54. The smallest absolute Gasteiger partial charge is 0.334 e. The number of likely N-dealkylation sites (N-methyl/N-ethyl adjacent to an activating group) is 1. The largest absolute Gasteiger partial charge is 0.375 e. The Bertz CT molecular complexity index is 481. The SMILES string of the molecule is C=CCOCC(CN(C)C(=O)N(CC=C)C(=O)N(C)C=O)OCC=C. The minimum Gasteiger partial charge on any atom is -0.375 e. The second-order valence-electron chi connectivity index (χ2n) is 5.13. The molecule has 140 valence electrons. The Morgan fingerprint density at radius 3 is 2.20 bits per heavy atom. The summed E-state index contributed by atoms with van der Waals surface area (Å²) in [4.78, 5) is 38.5. The molecule has 0 saturated carbocycles. The number of urea groups is 2. The lowest BCUT2D eigenvalue weighted by molar-refractivity contribution is -0.115. The highest BCUT2D eigenvalue weighted by Gasteiger charge is 2.27. The summed E-state index contributed by atoms with van der Waals surface area (Å²) in [5, 5.41) is 0. The van der Waals surface area contributed by atoms with Crippen molar-refractivity contribution in [1.29, 1.82) is 0 Å². The van der Waals surface area contributed by atoms with Crippen LogP contribution in [0.15, 0.2) is 38.0 Å². The summed E-state index contributed by atoms with van der Waals surface area (Å²) in [5.41, 5.74) is 0. The first-order chi connectivity index (χ1) is 11.9. The van der Waals surface area contributed by atoms with E-state index in [1.165, 1.54) is 25.1 Å². The minimum absolute atomic E-state index is 0.0225. The highest BCUT2D eigenvalue weighted by Crippen LogP contribution is 2.05. The highest BCUT2D eigenvalue weighted by atomic mass is 16.5. The Kier molecular flexibility index (Phi) is 11.6. The first-order valence-corrected chi connectivity index (χ1v) is 7.69. The molecule has 0 rings (SSSR count). The van der Waals surface area contributed by atoms with Crippen LogP contribution in [0.3, 0.4) is 0 Å². The average Bonchev–Trinajstić information content (AvgIpc) is 2.62. The van der Waals surface area contributed by atoms with Crippen molar-refractivity contribution < 1.29 is 23.9 Å². The molecule has 0 spiro atoms. The molecule has 5 amide bonds. The number of amides is 5. The van der Waals surface area contributed by atoms with Gasteiger partial charge in [0.2, 0.25) is 6.41 Å². The van der Waals surface area contributed by atoms with Crippen molar-refractivity contribution in [3.63, 3.8) is 0 Å². The van der Waals surface area contributed by atoms with Crippen LogP contribution in [0.2, 0.25) is 0 Å². The van der Waals surface area contributed by atoms with Crippen molar-refractivity contribution in [3.05, 3.63) is 38.0 Å². The summed E-state index contributed by atoms with van der Waals surface area (Å²) < 4.78 is 10.9. The van der Waals surface area contributed by atoms with Gasteiger partial charge in [0, 0.05) is 14.1 Å². The molecule has 0 bridgehead atoms. The van der Waals surface area contributed by atoms with Crippen LogP contribution in [0.25, 0.3) is 0 Å². The predicted molar refractivity (Wildman–Crippen MR) is 95.1 cm³/mol. The van der Waals surface area contributed by atoms with E-state index in [0.29, 0.717) is 19.6 Å². The molecule has 25 heavy (non-hydrogen) atoms. The van der Waals surface area contributed by atoms with Gasteiger partial charge in [-0.05, 0) is 0 Å². The zero-order valence-electron chi connectivity index (χ0n) is 14.9. The van der Waals surface area contributed by atoms with E-state index in [4.69, 9.17) is 9.47 Å². The van der Waals surface area contributed by atoms with Crippen LogP contribution in [-0.4, -0.2) is 86.3 Å². The van der Waals surface area contributed by atoms with E-state index < -0.39 is 18.2 Å². The van der Waals surface area contributed by atoms with Gasteiger partial charge in [0.25, 0.3) is 0 Å². The van der Waals surface area contributed by atoms with E-state index in [-0.39, 0.29) is 19.7 Å². The minimum atomic E-state index is -0.738. The van der Waals surface area contributed by atoms with Crippen molar-refractivity contribution in [2.24, 2.45) is 0 Å². The van der Waals surface area contributed by atoms with Gasteiger partial charge in [-0.15, -0.1) is 19.7 Å². The van der Waals surface area contributed by atoms with Crippen LogP contribution in [0, 0.1) is 0 Å². The molecular formula is C17H27N3O5. The van der Waals surface area contributed by atoms with E-state index in [0.717, 1.165) is 9.80 Å². The number of hydrogen-bond acceptors (Lipinski definition) is 5. The van der Waals surface area contributed by atoms with Crippen LogP contribution in [0.5, 0.6) is 0 Å². The fraction of sp³-hybridized carbons (Fsp3) is 0.471. The van der Waals surface area contributed by atoms with Crippen molar-refractivity contribution in [2.75, 3.05) is 47.0 Å². The van der Waals surface area contributed by atoms with Gasteiger partial charge in [-0.1, -0.05) is 18.2 Å². The van der Waals surface area contributed by atoms with Gasteiger partial charge in [0.05, 0.1) is 39.0 Å². The molecule has 0 N–H and O–H groups in total. The number of ether oxygens (including phenoxy) is 2. The zero-order valence-corrected chi connectivity index (χ0v) is 14.9. The van der Waals surface area contributed by atoms with E-state index in [2.05, 4.69) is 19.7 Å². The van der Waals surface area contributed by atoms with Crippen LogP contribution < -0.4 is 0 Å². The van der Waals surface area contributed by atoms with Gasteiger partial charge >= 0.3 is 12.1 Å². The molecule has 1 atom stereocenters. The standard InChI is InChI=1S/C17H27N3O5/c1-6-9-20(17(23)19(5)14-21)16(22)18(4)12-15(25-11-8-3)13-24-10-7-2/h6-8,14-15H,1-3,9-13H2,4-5H3. The fourth-order valence-electron chi connectivity index (χ4n) is 1.83. The number of carbonyl (C=O) groups is 3. The van der Waals surface area contributed by atoms with Gasteiger partial charge in [-0.2, -0.15) is 0 Å². The van der Waals surface area contributed by atoms with E-state index in [9.17, 15) is 14.4 Å². The van der Waals surface area contributed by atoms with E-state index in [1.807, 2.05) is 0 Å².